The average Bonchev–Trinajstić information content (AvgIpc) is 2.99. The van der Waals surface area contributed by atoms with E-state index in [2.05, 4.69) is 16.0 Å². The van der Waals surface area contributed by atoms with Crippen molar-refractivity contribution in [2.24, 2.45) is 5.73 Å². The fraction of sp³-hybridized carbons (Fsp3) is 0.393. The Kier molecular flexibility index (Phi) is 15.0. The van der Waals surface area contributed by atoms with Crippen LogP contribution in [0.15, 0.2) is 53.4 Å². The lowest BCUT2D eigenvalue weighted by Crippen LogP contribution is -2.55. The van der Waals surface area contributed by atoms with E-state index in [1.165, 1.54) is 11.8 Å². The molecule has 0 unspecified atom stereocenters. The third-order valence-electron chi connectivity index (χ3n) is 6.46. The molecule has 0 radical (unpaired) electrons. The van der Waals surface area contributed by atoms with Crippen molar-refractivity contribution in [3.63, 3.8) is 0 Å². The minimum absolute atomic E-state index is 0.0267. The first-order valence-electron chi connectivity index (χ1n) is 13.7. The number of alkyl halides is 3. The number of carboxylic acid groups (broad SMARTS) is 1. The number of hydrogen-bond acceptors (Lipinski definition) is 8. The van der Waals surface area contributed by atoms with Crippen molar-refractivity contribution in [3.8, 4) is 0 Å². The van der Waals surface area contributed by atoms with Crippen LogP contribution in [0.4, 0.5) is 13.2 Å². The summed E-state index contributed by atoms with van der Waals surface area (Å²) in [6, 6.07) is 6.23. The summed E-state index contributed by atoms with van der Waals surface area (Å²) in [6.07, 6.45) is -4.13. The zero-order valence-electron chi connectivity index (χ0n) is 24.8. The van der Waals surface area contributed by atoms with Crippen molar-refractivity contribution in [1.82, 2.24) is 20.7 Å². The van der Waals surface area contributed by atoms with Crippen molar-refractivity contribution in [2.75, 3.05) is 18.6 Å². The van der Waals surface area contributed by atoms with Crippen molar-refractivity contribution >= 4 is 63.0 Å². The number of amides is 4. The summed E-state index contributed by atoms with van der Waals surface area (Å²) in [5.74, 6) is -4.33. The van der Waals surface area contributed by atoms with Gasteiger partial charge in [0.2, 0.25) is 33.7 Å². The van der Waals surface area contributed by atoms with Crippen molar-refractivity contribution in [1.29, 1.82) is 0 Å². The van der Waals surface area contributed by atoms with E-state index in [4.69, 9.17) is 17.3 Å². The Hall–Kier alpha value is -3.87. The van der Waals surface area contributed by atoms with Crippen molar-refractivity contribution in [3.05, 3.63) is 64.7 Å². The van der Waals surface area contributed by atoms with Gasteiger partial charge in [-0.25, -0.2) is 8.42 Å². The molecule has 0 saturated carbocycles. The number of carbonyl (C=O) groups excluding carboxylic acids is 4. The molecule has 0 aliphatic carbocycles. The van der Waals surface area contributed by atoms with Crippen LogP contribution in [0.2, 0.25) is 5.02 Å². The minimum atomic E-state index is -4.98. The van der Waals surface area contributed by atoms with Crippen LogP contribution in [0.1, 0.15) is 30.4 Å². The number of nitrogens with one attached hydrogen (secondary N) is 4. The number of halogens is 4. The Morgan fingerprint density at radius 2 is 1.62 bits per heavy atom. The molecule has 13 nitrogen and oxygen atoms in total. The average molecular weight is 724 g/mol. The van der Waals surface area contributed by atoms with Gasteiger partial charge in [0.15, 0.2) is 0 Å². The summed E-state index contributed by atoms with van der Waals surface area (Å²) in [6.45, 7) is -0.655. The normalized spacial score (nSPS) is 13.6. The molecular formula is C28H33ClF3N5O8S2. The highest BCUT2D eigenvalue weighted by molar-refractivity contribution is 7.98. The number of aliphatic carboxylic acids is 1. The van der Waals surface area contributed by atoms with Gasteiger partial charge in [0.1, 0.15) is 18.1 Å². The van der Waals surface area contributed by atoms with Gasteiger partial charge in [0.05, 0.1) is 22.0 Å². The van der Waals surface area contributed by atoms with E-state index in [1.807, 2.05) is 6.26 Å². The molecule has 7 N–H and O–H groups in total. The Labute approximate surface area is 277 Å². The first-order valence-corrected chi connectivity index (χ1v) is 17.0. The molecule has 0 heterocycles. The maximum Gasteiger partial charge on any atom is 0.417 e. The predicted octanol–water partition coefficient (Wildman–Crippen LogP) is 1.44. The molecule has 19 heteroatoms. The van der Waals surface area contributed by atoms with E-state index in [9.17, 15) is 50.7 Å². The number of carboxylic acids is 1. The van der Waals surface area contributed by atoms with Gasteiger partial charge in [0.25, 0.3) is 0 Å². The van der Waals surface area contributed by atoms with Crippen LogP contribution in [0.3, 0.4) is 0 Å². The third kappa shape index (κ3) is 13.0. The molecule has 0 spiro atoms. The van der Waals surface area contributed by atoms with Gasteiger partial charge in [-0.1, -0.05) is 41.9 Å². The highest BCUT2D eigenvalue weighted by Crippen LogP contribution is 2.36. The minimum Gasteiger partial charge on any atom is -0.480 e. The molecule has 2 aromatic rings. The molecule has 2 rings (SSSR count). The molecule has 0 aliphatic rings. The molecule has 2 aromatic carbocycles. The molecule has 0 saturated heterocycles. The van der Waals surface area contributed by atoms with Crippen LogP contribution in [-0.4, -0.2) is 79.8 Å². The van der Waals surface area contributed by atoms with E-state index >= 15 is 0 Å². The fourth-order valence-corrected chi connectivity index (χ4v) is 5.96. The highest BCUT2D eigenvalue weighted by Gasteiger charge is 2.35. The Bertz CT molecular complexity index is 1550. The Morgan fingerprint density at radius 3 is 2.19 bits per heavy atom. The number of primary amides is 1. The van der Waals surface area contributed by atoms with Crippen molar-refractivity contribution < 1.29 is 50.7 Å². The lowest BCUT2D eigenvalue weighted by molar-refractivity contribution is -0.139. The summed E-state index contributed by atoms with van der Waals surface area (Å²) >= 11 is 6.95. The molecular weight excluding hydrogens is 691 g/mol. The second-order valence-electron chi connectivity index (χ2n) is 10.0. The van der Waals surface area contributed by atoms with Crippen LogP contribution < -0.4 is 26.4 Å². The van der Waals surface area contributed by atoms with Gasteiger partial charge >= 0.3 is 12.1 Å². The molecule has 0 fully saturated rings. The number of thioether (sulfide) groups is 1. The van der Waals surface area contributed by atoms with Crippen LogP contribution >= 0.6 is 23.4 Å². The monoisotopic (exact) mass is 723 g/mol. The van der Waals surface area contributed by atoms with Gasteiger partial charge in [-0.3, -0.25) is 24.0 Å². The number of carbonyl (C=O) groups is 5. The van der Waals surface area contributed by atoms with E-state index in [-0.39, 0.29) is 18.9 Å². The third-order valence-corrected chi connectivity index (χ3v) is 8.90. The van der Waals surface area contributed by atoms with Crippen LogP contribution in [0.5, 0.6) is 0 Å². The summed E-state index contributed by atoms with van der Waals surface area (Å²) in [7, 11) is -4.80. The van der Waals surface area contributed by atoms with Crippen LogP contribution in [0.25, 0.3) is 0 Å². The summed E-state index contributed by atoms with van der Waals surface area (Å²) in [5, 5.41) is 15.9. The van der Waals surface area contributed by atoms with Gasteiger partial charge in [-0.15, -0.1) is 0 Å². The van der Waals surface area contributed by atoms with Crippen LogP contribution in [0, 0.1) is 0 Å². The number of hydrogen-bond donors (Lipinski definition) is 6. The van der Waals surface area contributed by atoms with Crippen molar-refractivity contribution in [2.45, 2.75) is 54.9 Å². The lowest BCUT2D eigenvalue weighted by Gasteiger charge is -2.22. The van der Waals surface area contributed by atoms with E-state index in [0.717, 1.165) is 6.07 Å². The fourth-order valence-electron chi connectivity index (χ4n) is 4.02. The maximum absolute atomic E-state index is 13.2. The predicted molar refractivity (Wildman–Crippen MR) is 167 cm³/mol. The lowest BCUT2D eigenvalue weighted by atomic mass is 10.0. The molecule has 0 bridgehead atoms. The smallest absolute Gasteiger partial charge is 0.417 e. The maximum atomic E-state index is 13.2. The first kappa shape index (κ1) is 39.3. The molecule has 47 heavy (non-hydrogen) atoms. The molecule has 258 valence electrons. The summed E-state index contributed by atoms with van der Waals surface area (Å²) in [5.41, 5.74) is 4.63. The van der Waals surface area contributed by atoms with E-state index in [0.29, 0.717) is 17.4 Å². The van der Waals surface area contributed by atoms with Gasteiger partial charge < -0.3 is 26.8 Å². The zero-order chi connectivity index (χ0) is 35.4. The van der Waals surface area contributed by atoms with E-state index < -0.39 is 98.8 Å². The standard InChI is InChI=1S/C28H33ClF3N5O8S2/c1-46-12-11-20(25(33)40)36-26(41)22(13-16-5-3-2-4-6-16)35-24(39)15-34-23(38)10-9-21(27(42)43)37-47(44,45)17-7-8-19(29)18(14-17)28(30,31)32/h2-8,14,20-22,37H,9-13,15H2,1H3,(H2,33,40)(H,34,38)(H,35,39)(H,36,41)(H,42,43)/t20-,21-,22-/m0/s1. The number of nitrogens with two attached hydrogens (primary N) is 1. The quantitative estimate of drug-likeness (QED) is 0.131. The Balaban J connectivity index is 2.03. The zero-order valence-corrected chi connectivity index (χ0v) is 27.2. The summed E-state index contributed by atoms with van der Waals surface area (Å²) in [4.78, 5) is 60.7. The summed E-state index contributed by atoms with van der Waals surface area (Å²) < 4.78 is 66.5. The molecule has 4 amide bonds. The largest absolute Gasteiger partial charge is 0.480 e. The molecule has 3 atom stereocenters. The molecule has 0 aliphatic heterocycles. The van der Waals surface area contributed by atoms with Gasteiger partial charge in [0, 0.05) is 12.8 Å². The second kappa shape index (κ2) is 17.9. The molecule has 0 aromatic heterocycles. The van der Waals surface area contributed by atoms with Crippen LogP contribution in [-0.2, 0) is 46.6 Å². The second-order valence-corrected chi connectivity index (χ2v) is 13.1. The van der Waals surface area contributed by atoms with Gasteiger partial charge in [-0.05, 0) is 48.6 Å². The topological polar surface area (TPSA) is 214 Å². The van der Waals surface area contributed by atoms with Gasteiger partial charge in [-0.2, -0.15) is 29.7 Å². The Morgan fingerprint density at radius 1 is 0.957 bits per heavy atom. The number of sulfonamides is 1. The number of benzene rings is 2. The first-order chi connectivity index (χ1) is 21.9. The number of rotatable bonds is 18. The highest BCUT2D eigenvalue weighted by atomic mass is 35.5. The SMILES string of the molecule is CSCC[C@H](NC(=O)[C@H](Cc1ccccc1)NC(=O)CNC(=O)CC[C@H](NS(=O)(=O)c1ccc(Cl)c(C(F)(F)F)c1)C(=O)O)C(N)=O. The van der Waals surface area contributed by atoms with E-state index in [1.54, 1.807) is 35.1 Å².